The molecule has 5 nitrogen and oxygen atoms in total. The Morgan fingerprint density at radius 3 is 2.67 bits per heavy atom. The molecular weight excluding hydrogens is 304 g/mol. The van der Waals surface area contributed by atoms with Crippen molar-refractivity contribution in [1.82, 2.24) is 5.43 Å². The van der Waals surface area contributed by atoms with E-state index < -0.39 is 6.09 Å². The molecule has 0 spiro atoms. The number of rotatable bonds is 7. The standard InChI is InChI=1S/C19H20N2O3/c1-2-23-19(22)21-20-15-17-12-6-7-13-18(17)24-14-8-11-16-9-4-3-5-10-16/h3-13,15H,2,14H2,1H3,(H,21,22)/b11-8+,20-15+. The van der Waals surface area contributed by atoms with Gasteiger partial charge in [0.2, 0.25) is 0 Å². The van der Waals surface area contributed by atoms with Gasteiger partial charge >= 0.3 is 6.09 Å². The molecule has 1 N–H and O–H groups in total. The maximum atomic E-state index is 11.2. The van der Waals surface area contributed by atoms with E-state index in [0.29, 0.717) is 19.0 Å². The van der Waals surface area contributed by atoms with Gasteiger partial charge in [0, 0.05) is 5.56 Å². The van der Waals surface area contributed by atoms with E-state index in [9.17, 15) is 4.79 Å². The average Bonchev–Trinajstić information content (AvgIpc) is 2.61. The normalized spacial score (nSPS) is 10.9. The van der Waals surface area contributed by atoms with E-state index in [2.05, 4.69) is 10.5 Å². The molecule has 0 aliphatic heterocycles. The third-order valence-electron chi connectivity index (χ3n) is 3.00. The predicted molar refractivity (Wildman–Crippen MR) is 95.2 cm³/mol. The Bertz CT molecular complexity index is 697. The zero-order valence-electron chi connectivity index (χ0n) is 13.5. The molecule has 0 radical (unpaired) electrons. The minimum Gasteiger partial charge on any atom is -0.489 e. The lowest BCUT2D eigenvalue weighted by atomic mass is 10.2. The number of hydrogen-bond donors (Lipinski definition) is 1. The quantitative estimate of drug-likeness (QED) is 0.621. The highest BCUT2D eigenvalue weighted by Crippen LogP contribution is 2.15. The molecule has 0 heterocycles. The van der Waals surface area contributed by atoms with Crippen LogP contribution in [0.4, 0.5) is 4.79 Å². The summed E-state index contributed by atoms with van der Waals surface area (Å²) in [5.41, 5.74) is 4.17. The van der Waals surface area contributed by atoms with Crippen molar-refractivity contribution in [2.45, 2.75) is 6.92 Å². The summed E-state index contributed by atoms with van der Waals surface area (Å²) in [6.45, 7) is 2.47. The van der Waals surface area contributed by atoms with E-state index in [1.165, 1.54) is 6.21 Å². The molecule has 5 heteroatoms. The van der Waals surface area contributed by atoms with E-state index in [0.717, 1.165) is 11.1 Å². The van der Waals surface area contributed by atoms with E-state index >= 15 is 0 Å². The topological polar surface area (TPSA) is 59.9 Å². The molecule has 24 heavy (non-hydrogen) atoms. The minimum absolute atomic E-state index is 0.300. The van der Waals surface area contributed by atoms with Crippen LogP contribution in [0.5, 0.6) is 5.75 Å². The van der Waals surface area contributed by atoms with Gasteiger partial charge in [-0.05, 0) is 30.7 Å². The van der Waals surface area contributed by atoms with Gasteiger partial charge in [0.15, 0.2) is 0 Å². The molecule has 0 aliphatic rings. The molecule has 2 aromatic carbocycles. The Hall–Kier alpha value is -3.08. The van der Waals surface area contributed by atoms with Crippen LogP contribution in [0.3, 0.4) is 0 Å². The zero-order valence-corrected chi connectivity index (χ0v) is 13.5. The smallest absolute Gasteiger partial charge is 0.427 e. The Kier molecular flexibility index (Phi) is 7.08. The van der Waals surface area contributed by atoms with Gasteiger partial charge in [-0.3, -0.25) is 0 Å². The van der Waals surface area contributed by atoms with Crippen molar-refractivity contribution in [2.75, 3.05) is 13.2 Å². The Morgan fingerprint density at radius 2 is 1.88 bits per heavy atom. The fourth-order valence-corrected chi connectivity index (χ4v) is 1.92. The third kappa shape index (κ3) is 5.96. The lowest BCUT2D eigenvalue weighted by Crippen LogP contribution is -2.18. The highest BCUT2D eigenvalue weighted by molar-refractivity contribution is 5.84. The number of benzene rings is 2. The average molecular weight is 324 g/mol. The van der Waals surface area contributed by atoms with Crippen molar-refractivity contribution in [1.29, 1.82) is 0 Å². The van der Waals surface area contributed by atoms with Crippen LogP contribution >= 0.6 is 0 Å². The monoisotopic (exact) mass is 324 g/mol. The molecule has 0 bridgehead atoms. The number of hydrazone groups is 1. The van der Waals surface area contributed by atoms with Crippen molar-refractivity contribution in [2.24, 2.45) is 5.10 Å². The van der Waals surface area contributed by atoms with E-state index in [1.54, 1.807) is 6.92 Å². The van der Waals surface area contributed by atoms with Gasteiger partial charge in [-0.25, -0.2) is 10.2 Å². The second-order valence-corrected chi connectivity index (χ2v) is 4.75. The van der Waals surface area contributed by atoms with Crippen LogP contribution in [-0.4, -0.2) is 25.5 Å². The van der Waals surface area contributed by atoms with Crippen LogP contribution < -0.4 is 10.2 Å². The molecule has 0 saturated carbocycles. The van der Waals surface area contributed by atoms with Gasteiger partial charge in [0.05, 0.1) is 12.8 Å². The van der Waals surface area contributed by atoms with Crippen molar-refractivity contribution in [3.05, 3.63) is 71.8 Å². The number of para-hydroxylation sites is 1. The fraction of sp³-hybridized carbons (Fsp3) is 0.158. The van der Waals surface area contributed by atoms with E-state index in [1.807, 2.05) is 66.7 Å². The summed E-state index contributed by atoms with van der Waals surface area (Å²) in [6, 6.07) is 17.5. The first kappa shape index (κ1) is 17.3. The first-order chi connectivity index (χ1) is 11.8. The van der Waals surface area contributed by atoms with Crippen LogP contribution in [0.1, 0.15) is 18.1 Å². The number of nitrogens with one attached hydrogen (secondary N) is 1. The minimum atomic E-state index is -0.585. The lowest BCUT2D eigenvalue weighted by Gasteiger charge is -2.06. The molecule has 0 unspecified atom stereocenters. The Balaban J connectivity index is 1.90. The second-order valence-electron chi connectivity index (χ2n) is 4.75. The maximum absolute atomic E-state index is 11.2. The second kappa shape index (κ2) is 9.84. The highest BCUT2D eigenvalue weighted by atomic mass is 16.5. The Morgan fingerprint density at radius 1 is 1.12 bits per heavy atom. The molecule has 1 amide bonds. The number of amides is 1. The first-order valence-corrected chi connectivity index (χ1v) is 7.69. The van der Waals surface area contributed by atoms with Crippen LogP contribution in [0.2, 0.25) is 0 Å². The zero-order chi connectivity index (χ0) is 17.0. The SMILES string of the molecule is CCOC(=O)N/N=C/c1ccccc1OC/C=C/c1ccccc1. The summed E-state index contributed by atoms with van der Waals surface area (Å²) in [7, 11) is 0. The lowest BCUT2D eigenvalue weighted by molar-refractivity contribution is 0.152. The summed E-state index contributed by atoms with van der Waals surface area (Å²) in [5, 5.41) is 3.85. The fourth-order valence-electron chi connectivity index (χ4n) is 1.92. The Labute approximate surface area is 141 Å². The first-order valence-electron chi connectivity index (χ1n) is 7.69. The van der Waals surface area contributed by atoms with Crippen molar-refractivity contribution >= 4 is 18.4 Å². The third-order valence-corrected chi connectivity index (χ3v) is 3.00. The van der Waals surface area contributed by atoms with Gasteiger partial charge in [-0.2, -0.15) is 5.10 Å². The summed E-state index contributed by atoms with van der Waals surface area (Å²) in [6.07, 6.45) is 4.88. The van der Waals surface area contributed by atoms with Gasteiger partial charge < -0.3 is 9.47 Å². The molecular formula is C19H20N2O3. The van der Waals surface area contributed by atoms with Gasteiger partial charge in [-0.15, -0.1) is 0 Å². The summed E-state index contributed by atoms with van der Waals surface area (Å²) < 4.78 is 10.5. The van der Waals surface area contributed by atoms with Crippen LogP contribution in [0.15, 0.2) is 65.8 Å². The van der Waals surface area contributed by atoms with Crippen LogP contribution in [0.25, 0.3) is 6.08 Å². The van der Waals surface area contributed by atoms with Crippen molar-refractivity contribution in [3.63, 3.8) is 0 Å². The number of ether oxygens (including phenoxy) is 2. The van der Waals surface area contributed by atoms with Crippen molar-refractivity contribution in [3.8, 4) is 5.75 Å². The molecule has 124 valence electrons. The van der Waals surface area contributed by atoms with Gasteiger partial charge in [-0.1, -0.05) is 48.5 Å². The summed E-state index contributed by atoms with van der Waals surface area (Å²) in [4.78, 5) is 11.2. The van der Waals surface area contributed by atoms with Crippen LogP contribution in [-0.2, 0) is 4.74 Å². The van der Waals surface area contributed by atoms with Crippen molar-refractivity contribution < 1.29 is 14.3 Å². The number of carbonyl (C=O) groups excluding carboxylic acids is 1. The molecule has 0 aromatic heterocycles. The van der Waals surface area contributed by atoms with E-state index in [4.69, 9.17) is 9.47 Å². The molecule has 2 aromatic rings. The largest absolute Gasteiger partial charge is 0.489 e. The van der Waals surface area contributed by atoms with Gasteiger partial charge in [0.1, 0.15) is 12.4 Å². The summed E-state index contributed by atoms with van der Waals surface area (Å²) >= 11 is 0. The molecule has 0 fully saturated rings. The number of hydrogen-bond acceptors (Lipinski definition) is 4. The number of carbonyl (C=O) groups is 1. The molecule has 0 aliphatic carbocycles. The van der Waals surface area contributed by atoms with E-state index in [-0.39, 0.29) is 0 Å². The molecule has 2 rings (SSSR count). The molecule has 0 saturated heterocycles. The highest BCUT2D eigenvalue weighted by Gasteiger charge is 2.00. The van der Waals surface area contributed by atoms with Gasteiger partial charge in [0.25, 0.3) is 0 Å². The predicted octanol–water partition coefficient (Wildman–Crippen LogP) is 3.86. The van der Waals surface area contributed by atoms with Crippen LogP contribution in [0, 0.1) is 0 Å². The summed E-state index contributed by atoms with van der Waals surface area (Å²) in [5.74, 6) is 0.685. The number of nitrogens with zero attached hydrogens (tertiary/aromatic N) is 1. The molecule has 0 atom stereocenters. The maximum Gasteiger partial charge on any atom is 0.427 e.